The van der Waals surface area contributed by atoms with E-state index in [2.05, 4.69) is 5.32 Å². The lowest BCUT2D eigenvalue weighted by Gasteiger charge is -2.22. The molecule has 0 rings (SSSR count). The summed E-state index contributed by atoms with van der Waals surface area (Å²) >= 11 is 0. The van der Waals surface area contributed by atoms with Gasteiger partial charge in [0.1, 0.15) is 24.4 Å². The van der Waals surface area contributed by atoms with Crippen LogP contribution >= 0.6 is 0 Å². The van der Waals surface area contributed by atoms with Crippen molar-refractivity contribution in [1.29, 1.82) is 0 Å². The van der Waals surface area contributed by atoms with E-state index in [4.69, 9.17) is 37.0 Å². The molecule has 0 bridgehead atoms. The third-order valence-electron chi connectivity index (χ3n) is 2.06. The summed E-state index contributed by atoms with van der Waals surface area (Å²) < 4.78 is 0. The molecule has 0 aliphatic carbocycles. The quantitative estimate of drug-likeness (QED) is 0.152. The van der Waals surface area contributed by atoms with E-state index in [0.717, 1.165) is 13.1 Å². The molecule has 10 N–H and O–H groups in total. The number of rotatable bonds is 9. The van der Waals surface area contributed by atoms with Crippen LogP contribution in [0.1, 0.15) is 0 Å². The van der Waals surface area contributed by atoms with Crippen molar-refractivity contribution >= 4 is 6.29 Å². The van der Waals surface area contributed by atoms with Crippen molar-refractivity contribution < 1.29 is 30.3 Å². The molecule has 4 atom stereocenters. The Labute approximate surface area is 111 Å². The fourth-order valence-electron chi connectivity index (χ4n) is 0.947. The summed E-state index contributed by atoms with van der Waals surface area (Å²) in [5.74, 6) is 0. The lowest BCUT2D eigenvalue weighted by atomic mass is 10.0. The molecular formula is C10H25N3O6. The van der Waals surface area contributed by atoms with E-state index in [0.29, 0.717) is 13.1 Å². The third-order valence-corrected chi connectivity index (χ3v) is 2.06. The molecule has 9 nitrogen and oxygen atoms in total. The standard InChI is InChI=1S/C6H12O6.C4H13N3/c7-1-3(9)5(11)6(12)4(10)2-8;5-1-3-7-4-2-6/h1,3-6,8-12H,2H2;7H,1-6H2. The maximum absolute atomic E-state index is 9.90. The molecule has 0 aliphatic rings. The van der Waals surface area contributed by atoms with Gasteiger partial charge in [-0.1, -0.05) is 0 Å². The summed E-state index contributed by atoms with van der Waals surface area (Å²) in [6.07, 6.45) is -6.84. The van der Waals surface area contributed by atoms with E-state index in [1.165, 1.54) is 0 Å². The molecule has 0 aromatic rings. The van der Waals surface area contributed by atoms with Crippen LogP contribution in [0, 0.1) is 0 Å². The molecular weight excluding hydrogens is 258 g/mol. The van der Waals surface area contributed by atoms with Crippen LogP contribution in [0.4, 0.5) is 0 Å². The van der Waals surface area contributed by atoms with Gasteiger partial charge in [0, 0.05) is 26.2 Å². The lowest BCUT2D eigenvalue weighted by molar-refractivity contribution is -0.136. The van der Waals surface area contributed by atoms with E-state index < -0.39 is 31.0 Å². The average molecular weight is 283 g/mol. The van der Waals surface area contributed by atoms with Gasteiger partial charge in [0.2, 0.25) is 0 Å². The van der Waals surface area contributed by atoms with Gasteiger partial charge >= 0.3 is 0 Å². The van der Waals surface area contributed by atoms with Crippen molar-refractivity contribution in [3.8, 4) is 0 Å². The smallest absolute Gasteiger partial charge is 0.151 e. The van der Waals surface area contributed by atoms with Gasteiger partial charge in [0.05, 0.1) is 6.61 Å². The van der Waals surface area contributed by atoms with Gasteiger partial charge in [0.25, 0.3) is 0 Å². The minimum atomic E-state index is -1.79. The van der Waals surface area contributed by atoms with Gasteiger partial charge in [-0.2, -0.15) is 0 Å². The maximum atomic E-state index is 9.90. The van der Waals surface area contributed by atoms with Gasteiger partial charge in [-0.05, 0) is 0 Å². The summed E-state index contributed by atoms with van der Waals surface area (Å²) in [6, 6.07) is 0. The highest BCUT2D eigenvalue weighted by molar-refractivity contribution is 5.56. The number of aldehydes is 1. The first kappa shape index (κ1) is 20.7. The Bertz CT molecular complexity index is 206. The van der Waals surface area contributed by atoms with Crippen LogP contribution in [0.15, 0.2) is 0 Å². The second-order valence-corrected chi connectivity index (χ2v) is 3.69. The molecule has 116 valence electrons. The van der Waals surface area contributed by atoms with Crippen LogP contribution in [0.5, 0.6) is 0 Å². The second kappa shape index (κ2) is 13.8. The van der Waals surface area contributed by atoms with Crippen LogP contribution in [-0.2, 0) is 4.79 Å². The fourth-order valence-corrected chi connectivity index (χ4v) is 0.947. The third kappa shape index (κ3) is 10.9. The second-order valence-electron chi connectivity index (χ2n) is 3.69. The molecule has 9 heteroatoms. The van der Waals surface area contributed by atoms with Gasteiger partial charge in [0.15, 0.2) is 6.29 Å². The Morgan fingerprint density at radius 3 is 1.79 bits per heavy atom. The largest absolute Gasteiger partial charge is 0.394 e. The van der Waals surface area contributed by atoms with Crippen molar-refractivity contribution in [2.24, 2.45) is 11.5 Å². The van der Waals surface area contributed by atoms with Crippen LogP contribution in [0.25, 0.3) is 0 Å². The predicted molar refractivity (Wildman–Crippen MR) is 68.2 cm³/mol. The zero-order valence-corrected chi connectivity index (χ0v) is 10.7. The Morgan fingerprint density at radius 1 is 1.00 bits per heavy atom. The van der Waals surface area contributed by atoms with E-state index >= 15 is 0 Å². The predicted octanol–water partition coefficient (Wildman–Crippen LogP) is -4.89. The van der Waals surface area contributed by atoms with Crippen LogP contribution in [0.2, 0.25) is 0 Å². The molecule has 0 aromatic heterocycles. The molecule has 0 heterocycles. The van der Waals surface area contributed by atoms with E-state index in [-0.39, 0.29) is 6.29 Å². The van der Waals surface area contributed by atoms with Crippen molar-refractivity contribution in [1.82, 2.24) is 5.32 Å². The van der Waals surface area contributed by atoms with Crippen molar-refractivity contribution in [3.05, 3.63) is 0 Å². The van der Waals surface area contributed by atoms with Gasteiger partial charge in [-0.3, -0.25) is 0 Å². The summed E-state index contributed by atoms with van der Waals surface area (Å²) in [4.78, 5) is 9.90. The van der Waals surface area contributed by atoms with E-state index in [9.17, 15) is 4.79 Å². The molecule has 0 radical (unpaired) electrons. The zero-order valence-electron chi connectivity index (χ0n) is 10.7. The SMILES string of the molecule is NCCNCCN.O=CC(O)C(O)C(O)C(O)CO. The molecule has 19 heavy (non-hydrogen) atoms. The zero-order chi connectivity index (χ0) is 15.3. The van der Waals surface area contributed by atoms with Crippen molar-refractivity contribution in [3.63, 3.8) is 0 Å². The minimum Gasteiger partial charge on any atom is -0.394 e. The van der Waals surface area contributed by atoms with Crippen LogP contribution in [0.3, 0.4) is 0 Å². The summed E-state index contributed by atoms with van der Waals surface area (Å²) in [7, 11) is 0. The minimum absolute atomic E-state index is 0.0258. The van der Waals surface area contributed by atoms with Gasteiger partial charge in [-0.15, -0.1) is 0 Å². The maximum Gasteiger partial charge on any atom is 0.151 e. The van der Waals surface area contributed by atoms with E-state index in [1.54, 1.807) is 0 Å². The Hall–Kier alpha value is -0.650. The first-order valence-corrected chi connectivity index (χ1v) is 5.85. The molecule has 0 saturated heterocycles. The number of hydrogen-bond donors (Lipinski definition) is 8. The Balaban J connectivity index is 0. The number of nitrogens with one attached hydrogen (secondary N) is 1. The summed E-state index contributed by atoms with van der Waals surface area (Å²) in [5, 5.41) is 46.6. The number of nitrogens with two attached hydrogens (primary N) is 2. The molecule has 0 fully saturated rings. The highest BCUT2D eigenvalue weighted by atomic mass is 16.4. The average Bonchev–Trinajstić information content (AvgIpc) is 2.45. The van der Waals surface area contributed by atoms with Gasteiger partial charge in [-0.25, -0.2) is 0 Å². The van der Waals surface area contributed by atoms with Crippen molar-refractivity contribution in [2.75, 3.05) is 32.8 Å². The Morgan fingerprint density at radius 2 is 1.47 bits per heavy atom. The van der Waals surface area contributed by atoms with Gasteiger partial charge < -0.3 is 47.1 Å². The van der Waals surface area contributed by atoms with Crippen molar-refractivity contribution in [2.45, 2.75) is 24.4 Å². The normalized spacial score (nSPS) is 16.8. The van der Waals surface area contributed by atoms with Crippen LogP contribution in [-0.4, -0.2) is 89.0 Å². The number of carbonyl (C=O) groups is 1. The number of hydrogen-bond acceptors (Lipinski definition) is 9. The monoisotopic (exact) mass is 283 g/mol. The first-order valence-electron chi connectivity index (χ1n) is 5.85. The topological polar surface area (TPSA) is 182 Å². The first-order chi connectivity index (χ1) is 8.95. The molecule has 0 aliphatic heterocycles. The molecule has 0 amide bonds. The molecule has 0 aromatic carbocycles. The van der Waals surface area contributed by atoms with Crippen LogP contribution < -0.4 is 16.8 Å². The number of aliphatic hydroxyl groups excluding tert-OH is 5. The molecule has 4 unspecified atom stereocenters. The lowest BCUT2D eigenvalue weighted by Crippen LogP contribution is -2.46. The Kier molecular flexibility index (Phi) is 15.0. The summed E-state index contributed by atoms with van der Waals surface area (Å²) in [6.45, 7) is 2.37. The van der Waals surface area contributed by atoms with E-state index in [1.807, 2.05) is 0 Å². The number of carbonyl (C=O) groups excluding carboxylic acids is 1. The molecule has 0 spiro atoms. The number of aliphatic hydroxyl groups is 5. The highest BCUT2D eigenvalue weighted by Crippen LogP contribution is 2.02. The summed E-state index contributed by atoms with van der Waals surface area (Å²) in [5.41, 5.74) is 10.3. The highest BCUT2D eigenvalue weighted by Gasteiger charge is 2.29. The fraction of sp³-hybridized carbons (Fsp3) is 0.900. The molecule has 0 saturated carbocycles.